The van der Waals surface area contributed by atoms with Crippen LogP contribution >= 0.6 is 0 Å². The second-order valence-corrected chi connectivity index (χ2v) is 6.18. The van der Waals surface area contributed by atoms with E-state index in [4.69, 9.17) is 4.74 Å². The van der Waals surface area contributed by atoms with Gasteiger partial charge in [-0.3, -0.25) is 14.4 Å². The van der Waals surface area contributed by atoms with E-state index < -0.39 is 35.0 Å². The number of nitrogens with one attached hydrogen (secondary N) is 2. The summed E-state index contributed by atoms with van der Waals surface area (Å²) in [7, 11) is 0. The van der Waals surface area contributed by atoms with Crippen LogP contribution in [0.25, 0.3) is 0 Å². The SMILES string of the molecule is CC(=O)c1cccc(NC(=O)C(=O)C(C2OC(=O)c3ccccc32)[NH+]([O-])O)c1. The zero-order valence-electron chi connectivity index (χ0n) is 14.7. The molecule has 3 rings (SSSR count). The molecule has 3 unspecified atom stereocenters. The van der Waals surface area contributed by atoms with Gasteiger partial charge in [0.1, 0.15) is 0 Å². The minimum absolute atomic E-state index is 0.154. The molecule has 1 aliphatic heterocycles. The molecule has 2 aromatic rings. The van der Waals surface area contributed by atoms with Gasteiger partial charge in [-0.15, -0.1) is 0 Å². The van der Waals surface area contributed by atoms with E-state index in [1.165, 1.54) is 43.3 Å². The minimum Gasteiger partial charge on any atom is -0.599 e. The van der Waals surface area contributed by atoms with Crippen LogP contribution < -0.4 is 10.5 Å². The molecule has 2 aromatic carbocycles. The van der Waals surface area contributed by atoms with E-state index in [1.54, 1.807) is 12.1 Å². The Balaban J connectivity index is 1.84. The Hall–Kier alpha value is -3.40. The molecule has 0 spiro atoms. The second kappa shape index (κ2) is 7.69. The zero-order valence-corrected chi connectivity index (χ0v) is 14.7. The van der Waals surface area contributed by atoms with Crippen LogP contribution in [0.15, 0.2) is 48.5 Å². The molecule has 1 aliphatic rings. The Morgan fingerprint density at radius 1 is 1.18 bits per heavy atom. The van der Waals surface area contributed by atoms with Crippen molar-refractivity contribution in [3.8, 4) is 0 Å². The minimum atomic E-state index is -1.90. The number of rotatable bonds is 6. The second-order valence-electron chi connectivity index (χ2n) is 6.18. The number of ketones is 2. The highest BCUT2D eigenvalue weighted by Crippen LogP contribution is 2.32. The average molecular weight is 384 g/mol. The first-order valence-corrected chi connectivity index (χ1v) is 8.28. The van der Waals surface area contributed by atoms with E-state index in [0.29, 0.717) is 5.56 Å². The molecule has 3 N–H and O–H groups in total. The number of fused-ring (bicyclic) bond motifs is 1. The van der Waals surface area contributed by atoms with Crippen LogP contribution in [0, 0.1) is 5.21 Å². The third-order valence-electron chi connectivity index (χ3n) is 4.32. The summed E-state index contributed by atoms with van der Waals surface area (Å²) in [5, 5.41) is 21.9. The number of ether oxygens (including phenoxy) is 1. The van der Waals surface area contributed by atoms with Crippen molar-refractivity contribution in [1.82, 2.24) is 0 Å². The first-order chi connectivity index (χ1) is 13.3. The van der Waals surface area contributed by atoms with Gasteiger partial charge in [0.05, 0.1) is 5.56 Å². The fourth-order valence-corrected chi connectivity index (χ4v) is 2.95. The zero-order chi connectivity index (χ0) is 20.4. The van der Waals surface area contributed by atoms with Crippen LogP contribution in [0.5, 0.6) is 0 Å². The largest absolute Gasteiger partial charge is 0.599 e. The van der Waals surface area contributed by atoms with Crippen molar-refractivity contribution in [3.05, 3.63) is 70.4 Å². The van der Waals surface area contributed by atoms with Gasteiger partial charge in [-0.25, -0.2) is 15.2 Å². The maximum absolute atomic E-state index is 12.6. The van der Waals surface area contributed by atoms with E-state index in [0.717, 1.165) is 0 Å². The number of hydroxylamine groups is 2. The predicted molar refractivity (Wildman–Crippen MR) is 94.6 cm³/mol. The van der Waals surface area contributed by atoms with E-state index >= 15 is 0 Å². The van der Waals surface area contributed by atoms with Gasteiger partial charge >= 0.3 is 5.97 Å². The van der Waals surface area contributed by atoms with Crippen molar-refractivity contribution in [2.24, 2.45) is 0 Å². The van der Waals surface area contributed by atoms with Crippen LogP contribution in [0.3, 0.4) is 0 Å². The van der Waals surface area contributed by atoms with Crippen LogP contribution in [0.4, 0.5) is 5.69 Å². The number of benzene rings is 2. The summed E-state index contributed by atoms with van der Waals surface area (Å²) in [5.41, 5.74) is 0.874. The maximum atomic E-state index is 12.6. The smallest absolute Gasteiger partial charge is 0.339 e. The Bertz CT molecular complexity index is 970. The standard InChI is InChI=1S/C19H16N2O7/c1-10(22)11-5-4-6-12(9-11)20-18(24)16(23)15(21(26)27)17-13-7-2-3-8-14(13)19(25)28-17/h2-9,15,17,21,26H,1H3,(H,20,24). The number of carbonyl (C=O) groups excluding carboxylic acids is 4. The first-order valence-electron chi connectivity index (χ1n) is 8.28. The number of Topliss-reactive ketones (excluding diaryl/α,β-unsaturated/α-hetero) is 2. The van der Waals surface area contributed by atoms with Gasteiger partial charge in [0.25, 0.3) is 11.7 Å². The number of hydrogen-bond donors (Lipinski definition) is 3. The summed E-state index contributed by atoms with van der Waals surface area (Å²) in [5.74, 6) is -3.45. The van der Waals surface area contributed by atoms with E-state index in [-0.39, 0.29) is 22.6 Å². The lowest BCUT2D eigenvalue weighted by Gasteiger charge is -2.26. The van der Waals surface area contributed by atoms with Crippen LogP contribution in [0.2, 0.25) is 0 Å². The Morgan fingerprint density at radius 2 is 1.89 bits per heavy atom. The number of cyclic esters (lactones) is 1. The molecule has 0 aromatic heterocycles. The summed E-state index contributed by atoms with van der Waals surface area (Å²) < 4.78 is 5.06. The topological polar surface area (TPSA) is 137 Å². The van der Waals surface area contributed by atoms with E-state index in [9.17, 15) is 29.6 Å². The summed E-state index contributed by atoms with van der Waals surface area (Å²) in [4.78, 5) is 48.3. The number of carbonyl (C=O) groups is 4. The maximum Gasteiger partial charge on any atom is 0.339 e. The summed E-state index contributed by atoms with van der Waals surface area (Å²) in [6.07, 6.45) is -1.40. The van der Waals surface area contributed by atoms with E-state index in [2.05, 4.69) is 5.32 Å². The fourth-order valence-electron chi connectivity index (χ4n) is 2.95. The first kappa shape index (κ1) is 19.4. The molecule has 28 heavy (non-hydrogen) atoms. The highest BCUT2D eigenvalue weighted by Gasteiger charge is 2.46. The normalized spacial score (nSPS) is 17.2. The van der Waals surface area contributed by atoms with Gasteiger partial charge in [0.2, 0.25) is 6.04 Å². The molecule has 0 saturated carbocycles. The van der Waals surface area contributed by atoms with Crippen molar-refractivity contribution >= 4 is 29.1 Å². The third kappa shape index (κ3) is 3.67. The number of quaternary nitrogens is 1. The molecular weight excluding hydrogens is 368 g/mol. The number of esters is 1. The molecule has 9 heteroatoms. The molecule has 0 bridgehead atoms. The Kier molecular flexibility index (Phi) is 5.32. The lowest BCUT2D eigenvalue weighted by Crippen LogP contribution is -3.11. The van der Waals surface area contributed by atoms with Crippen molar-refractivity contribution < 1.29 is 34.3 Å². The van der Waals surface area contributed by atoms with Crippen LogP contribution in [-0.4, -0.2) is 34.7 Å². The van der Waals surface area contributed by atoms with Crippen molar-refractivity contribution in [1.29, 1.82) is 0 Å². The molecular formula is C19H16N2O7. The van der Waals surface area contributed by atoms with Gasteiger partial charge < -0.3 is 15.3 Å². The highest BCUT2D eigenvalue weighted by molar-refractivity contribution is 6.42. The van der Waals surface area contributed by atoms with Crippen LogP contribution in [-0.2, 0) is 14.3 Å². The van der Waals surface area contributed by atoms with Crippen molar-refractivity contribution in [2.45, 2.75) is 19.1 Å². The fraction of sp³-hybridized carbons (Fsp3) is 0.158. The van der Waals surface area contributed by atoms with Crippen LogP contribution in [0.1, 0.15) is 39.3 Å². The molecule has 9 nitrogen and oxygen atoms in total. The highest BCUT2D eigenvalue weighted by atomic mass is 16.8. The lowest BCUT2D eigenvalue weighted by atomic mass is 9.97. The number of anilines is 1. The average Bonchev–Trinajstić information content (AvgIpc) is 2.98. The third-order valence-corrected chi connectivity index (χ3v) is 4.32. The van der Waals surface area contributed by atoms with Crippen molar-refractivity contribution in [2.75, 3.05) is 5.32 Å². The molecule has 0 aliphatic carbocycles. The monoisotopic (exact) mass is 384 g/mol. The molecule has 1 amide bonds. The summed E-state index contributed by atoms with van der Waals surface area (Å²) in [6, 6.07) is 10.1. The number of amides is 1. The van der Waals surface area contributed by atoms with E-state index in [1.807, 2.05) is 0 Å². The molecule has 0 saturated heterocycles. The quantitative estimate of drug-likeness (QED) is 0.285. The lowest BCUT2D eigenvalue weighted by molar-refractivity contribution is -1.06. The summed E-state index contributed by atoms with van der Waals surface area (Å²) in [6.45, 7) is 1.35. The molecule has 144 valence electrons. The van der Waals surface area contributed by atoms with Gasteiger partial charge in [-0.2, -0.15) is 0 Å². The van der Waals surface area contributed by atoms with Crippen molar-refractivity contribution in [3.63, 3.8) is 0 Å². The molecule has 0 radical (unpaired) electrons. The summed E-state index contributed by atoms with van der Waals surface area (Å²) >= 11 is 0. The molecule has 1 heterocycles. The van der Waals surface area contributed by atoms with Gasteiger partial charge in [0, 0.05) is 16.8 Å². The number of hydrogen-bond acceptors (Lipinski definition) is 7. The Morgan fingerprint density at radius 3 is 2.57 bits per heavy atom. The Labute approximate surface area is 159 Å². The van der Waals surface area contributed by atoms with Gasteiger partial charge in [-0.05, 0) is 25.1 Å². The molecule has 3 atom stereocenters. The predicted octanol–water partition coefficient (Wildman–Crippen LogP) is 0.449. The van der Waals surface area contributed by atoms with Gasteiger partial charge in [-0.1, -0.05) is 30.3 Å². The molecule has 0 fully saturated rings. The van der Waals surface area contributed by atoms with Gasteiger partial charge in [0.15, 0.2) is 11.9 Å².